The molecule has 0 aliphatic carbocycles. The average Bonchev–Trinajstić information content (AvgIpc) is 3.05. The molecular weight excluding hydrogens is 250 g/mol. The zero-order valence-corrected chi connectivity index (χ0v) is 10.7. The van der Waals surface area contributed by atoms with Crippen molar-refractivity contribution in [3.05, 3.63) is 51.7 Å². The first kappa shape index (κ1) is 11.1. The lowest BCUT2D eigenvalue weighted by Crippen LogP contribution is -2.08. The van der Waals surface area contributed by atoms with Gasteiger partial charge in [-0.05, 0) is 13.8 Å². The van der Waals surface area contributed by atoms with E-state index in [0.717, 1.165) is 16.6 Å². The molecular formula is C11H10N5OS. The van der Waals surface area contributed by atoms with E-state index < -0.39 is 0 Å². The monoisotopic (exact) mass is 260 g/mol. The van der Waals surface area contributed by atoms with Crippen molar-refractivity contribution < 1.29 is 4.52 Å². The van der Waals surface area contributed by atoms with Gasteiger partial charge in [-0.1, -0.05) is 0 Å². The van der Waals surface area contributed by atoms with E-state index >= 15 is 0 Å². The number of H-pyrrole nitrogens is 1. The second kappa shape index (κ2) is 4.34. The normalized spacial score (nSPS) is 11.3. The van der Waals surface area contributed by atoms with Gasteiger partial charge in [0.1, 0.15) is 16.5 Å². The Morgan fingerprint density at radius 3 is 2.83 bits per heavy atom. The van der Waals surface area contributed by atoms with Gasteiger partial charge in [-0.2, -0.15) is 0 Å². The predicted molar refractivity (Wildman–Crippen MR) is 65.0 cm³/mol. The fourth-order valence-corrected chi connectivity index (χ4v) is 2.49. The summed E-state index contributed by atoms with van der Waals surface area (Å²) in [5.74, 6) is 2.18. The molecule has 0 saturated heterocycles. The molecule has 0 aliphatic rings. The van der Waals surface area contributed by atoms with Crippen molar-refractivity contribution in [2.45, 2.75) is 13.8 Å². The van der Waals surface area contributed by atoms with Crippen LogP contribution < -0.4 is 0 Å². The number of nitrogens with one attached hydrogen (secondary N) is 1. The van der Waals surface area contributed by atoms with Gasteiger partial charge in [0.25, 0.3) is 0 Å². The first-order valence-corrected chi connectivity index (χ1v) is 6.22. The Balaban J connectivity index is 2.13. The van der Waals surface area contributed by atoms with E-state index in [1.165, 1.54) is 0 Å². The highest BCUT2D eigenvalue weighted by Gasteiger charge is 2.28. The van der Waals surface area contributed by atoms with Crippen LogP contribution in [0.5, 0.6) is 0 Å². The Bertz CT molecular complexity index is 642. The zero-order valence-electron chi connectivity index (χ0n) is 9.84. The molecule has 0 amide bonds. The summed E-state index contributed by atoms with van der Waals surface area (Å²) in [6.07, 6.45) is 3.46. The largest absolute Gasteiger partial charge is 0.347 e. The number of rotatable bonds is 3. The van der Waals surface area contributed by atoms with Crippen molar-refractivity contribution in [3.8, 4) is 0 Å². The summed E-state index contributed by atoms with van der Waals surface area (Å²) in [4.78, 5) is 11.8. The standard InChI is InChI=1S/C11H10N5OS/c1-6-5-18-11(14-6)8(10-12-3-4-13-10)9-7(2)17-16-15-9/h3-5H,1-2H3,(H,12,13). The van der Waals surface area contributed by atoms with Crippen LogP contribution >= 0.6 is 11.3 Å². The molecule has 0 saturated carbocycles. The summed E-state index contributed by atoms with van der Waals surface area (Å²) >= 11 is 1.55. The van der Waals surface area contributed by atoms with Crippen LogP contribution in [0.15, 0.2) is 22.3 Å². The van der Waals surface area contributed by atoms with E-state index in [4.69, 9.17) is 4.52 Å². The van der Waals surface area contributed by atoms with Gasteiger partial charge in [0.05, 0.1) is 0 Å². The summed E-state index contributed by atoms with van der Waals surface area (Å²) < 4.78 is 5.03. The van der Waals surface area contributed by atoms with Crippen molar-refractivity contribution in [1.29, 1.82) is 0 Å². The summed E-state index contributed by atoms with van der Waals surface area (Å²) in [5, 5.41) is 10.4. The Morgan fingerprint density at radius 1 is 1.39 bits per heavy atom. The number of hydrogen-bond acceptors (Lipinski definition) is 6. The predicted octanol–water partition coefficient (Wildman–Crippen LogP) is 1.89. The second-order valence-electron chi connectivity index (χ2n) is 3.78. The van der Waals surface area contributed by atoms with E-state index in [2.05, 4.69) is 25.3 Å². The van der Waals surface area contributed by atoms with E-state index in [1.54, 1.807) is 23.7 Å². The lowest BCUT2D eigenvalue weighted by Gasteiger charge is -2.07. The molecule has 3 aromatic rings. The maximum absolute atomic E-state index is 5.03. The van der Waals surface area contributed by atoms with Crippen LogP contribution in [-0.4, -0.2) is 25.3 Å². The van der Waals surface area contributed by atoms with E-state index in [1.807, 2.05) is 19.2 Å². The van der Waals surface area contributed by atoms with Crippen LogP contribution in [0, 0.1) is 19.8 Å². The van der Waals surface area contributed by atoms with E-state index in [9.17, 15) is 0 Å². The van der Waals surface area contributed by atoms with Crippen molar-refractivity contribution in [1.82, 2.24) is 25.3 Å². The smallest absolute Gasteiger partial charge is 0.158 e. The molecule has 0 aliphatic heterocycles. The highest BCUT2D eigenvalue weighted by Crippen LogP contribution is 2.31. The first-order chi connectivity index (χ1) is 8.75. The summed E-state index contributed by atoms with van der Waals surface area (Å²) in [6, 6.07) is 0. The van der Waals surface area contributed by atoms with Crippen LogP contribution in [0.4, 0.5) is 0 Å². The van der Waals surface area contributed by atoms with E-state index in [0.29, 0.717) is 17.3 Å². The minimum atomic E-state index is 0.647. The Hall–Kier alpha value is -2.02. The molecule has 0 atom stereocenters. The summed E-state index contributed by atoms with van der Waals surface area (Å²) in [6.45, 7) is 3.77. The van der Waals surface area contributed by atoms with E-state index in [-0.39, 0.29) is 0 Å². The van der Waals surface area contributed by atoms with Crippen LogP contribution in [-0.2, 0) is 0 Å². The number of hydrogen-bond donors (Lipinski definition) is 1. The average molecular weight is 260 g/mol. The van der Waals surface area contributed by atoms with Crippen molar-refractivity contribution >= 4 is 11.3 Å². The van der Waals surface area contributed by atoms with Gasteiger partial charge in [-0.15, -0.1) is 16.4 Å². The van der Waals surface area contributed by atoms with Gasteiger partial charge in [-0.25, -0.2) is 9.97 Å². The molecule has 18 heavy (non-hydrogen) atoms. The lowest BCUT2D eigenvalue weighted by molar-refractivity contribution is 0.373. The maximum atomic E-state index is 5.03. The van der Waals surface area contributed by atoms with Crippen LogP contribution in [0.3, 0.4) is 0 Å². The number of thiazole rings is 1. The highest BCUT2D eigenvalue weighted by molar-refractivity contribution is 7.10. The number of aromatic nitrogens is 5. The molecule has 0 spiro atoms. The van der Waals surface area contributed by atoms with Crippen LogP contribution in [0.25, 0.3) is 0 Å². The maximum Gasteiger partial charge on any atom is 0.158 e. The van der Waals surface area contributed by atoms with Gasteiger partial charge in [0.15, 0.2) is 11.7 Å². The highest BCUT2D eigenvalue weighted by atomic mass is 32.1. The minimum absolute atomic E-state index is 0.647. The number of nitrogens with zero attached hydrogens (tertiary/aromatic N) is 4. The number of aromatic amines is 1. The third-order valence-electron chi connectivity index (χ3n) is 2.46. The molecule has 3 aromatic heterocycles. The number of imidazole rings is 1. The molecule has 0 fully saturated rings. The molecule has 91 valence electrons. The fraction of sp³-hybridized carbons (Fsp3) is 0.182. The second-order valence-corrected chi connectivity index (χ2v) is 4.64. The SMILES string of the molecule is Cc1csc([C](c2ncc[nH]2)c2nnoc2C)n1. The Labute approximate surface area is 107 Å². The fourth-order valence-electron chi connectivity index (χ4n) is 1.65. The quantitative estimate of drug-likeness (QED) is 0.777. The molecule has 0 bridgehead atoms. The van der Waals surface area contributed by atoms with Crippen LogP contribution in [0.2, 0.25) is 0 Å². The lowest BCUT2D eigenvalue weighted by atomic mass is 10.0. The molecule has 7 heteroatoms. The topological polar surface area (TPSA) is 80.5 Å². The molecule has 0 aromatic carbocycles. The molecule has 1 radical (unpaired) electrons. The molecule has 3 rings (SSSR count). The minimum Gasteiger partial charge on any atom is -0.347 e. The van der Waals surface area contributed by atoms with Gasteiger partial charge in [0, 0.05) is 28.7 Å². The van der Waals surface area contributed by atoms with Gasteiger partial charge in [0.2, 0.25) is 0 Å². The Kier molecular flexibility index (Phi) is 2.67. The molecule has 3 heterocycles. The molecule has 6 nitrogen and oxygen atoms in total. The molecule has 0 unspecified atom stereocenters. The summed E-state index contributed by atoms with van der Waals surface area (Å²) in [7, 11) is 0. The van der Waals surface area contributed by atoms with Gasteiger partial charge >= 0.3 is 0 Å². The molecule has 1 N–H and O–H groups in total. The van der Waals surface area contributed by atoms with Crippen molar-refractivity contribution in [2.24, 2.45) is 0 Å². The summed E-state index contributed by atoms with van der Waals surface area (Å²) in [5.41, 5.74) is 1.63. The van der Waals surface area contributed by atoms with Crippen molar-refractivity contribution in [3.63, 3.8) is 0 Å². The van der Waals surface area contributed by atoms with Gasteiger partial charge in [-0.3, -0.25) is 0 Å². The van der Waals surface area contributed by atoms with Gasteiger partial charge < -0.3 is 9.51 Å². The number of aryl methyl sites for hydroxylation is 2. The first-order valence-electron chi connectivity index (χ1n) is 5.34. The third kappa shape index (κ3) is 1.82. The van der Waals surface area contributed by atoms with Crippen LogP contribution in [0.1, 0.15) is 28.0 Å². The zero-order chi connectivity index (χ0) is 12.5. The van der Waals surface area contributed by atoms with Crippen molar-refractivity contribution in [2.75, 3.05) is 0 Å². The third-order valence-corrected chi connectivity index (χ3v) is 3.43. The Morgan fingerprint density at radius 2 is 2.28 bits per heavy atom.